The Morgan fingerprint density at radius 1 is 1.21 bits per heavy atom. The minimum atomic E-state index is -0.169. The van der Waals surface area contributed by atoms with Crippen molar-refractivity contribution in [3.63, 3.8) is 0 Å². The highest BCUT2D eigenvalue weighted by Crippen LogP contribution is 2.17. The molecule has 6 nitrogen and oxygen atoms in total. The van der Waals surface area contributed by atoms with Crippen molar-refractivity contribution in [3.05, 3.63) is 63.1 Å². The zero-order valence-electron chi connectivity index (χ0n) is 13.1. The van der Waals surface area contributed by atoms with Gasteiger partial charge in [-0.25, -0.2) is 0 Å². The number of thiazole rings is 1. The summed E-state index contributed by atoms with van der Waals surface area (Å²) in [6.45, 7) is 0. The van der Waals surface area contributed by atoms with Crippen molar-refractivity contribution in [1.82, 2.24) is 14.6 Å². The molecule has 4 rings (SSSR count). The van der Waals surface area contributed by atoms with Gasteiger partial charge in [-0.1, -0.05) is 23.5 Å². The van der Waals surface area contributed by atoms with Crippen LogP contribution >= 0.6 is 11.3 Å². The molecule has 0 spiro atoms. The Hall–Kier alpha value is -2.93. The number of furan rings is 1. The van der Waals surface area contributed by atoms with Crippen molar-refractivity contribution in [1.29, 1.82) is 0 Å². The minimum absolute atomic E-state index is 0.169. The highest BCUT2D eigenvalue weighted by molar-refractivity contribution is 7.15. The smallest absolute Gasteiger partial charge is 0.291 e. The summed E-state index contributed by atoms with van der Waals surface area (Å²) in [6.07, 6.45) is 3.41. The molecule has 0 amide bonds. The molecule has 24 heavy (non-hydrogen) atoms. The molecule has 4 aromatic rings. The Morgan fingerprint density at radius 3 is 2.62 bits per heavy atom. The first kappa shape index (κ1) is 14.6. The lowest BCUT2D eigenvalue weighted by Crippen LogP contribution is -2.23. The number of nitrogens with zero attached hydrogens (tertiary/aromatic N) is 4. The van der Waals surface area contributed by atoms with E-state index in [-0.39, 0.29) is 5.56 Å². The third-order valence-electron chi connectivity index (χ3n) is 3.63. The predicted octanol–water partition coefficient (Wildman–Crippen LogP) is 2.02. The molecular formula is C17H14N4O2S. The van der Waals surface area contributed by atoms with Gasteiger partial charge in [0.15, 0.2) is 5.76 Å². The van der Waals surface area contributed by atoms with Crippen LogP contribution in [0.4, 0.5) is 5.69 Å². The summed E-state index contributed by atoms with van der Waals surface area (Å²) in [4.78, 5) is 19.4. The normalized spacial score (nSPS) is 12.2. The van der Waals surface area contributed by atoms with Crippen LogP contribution in [0, 0.1) is 0 Å². The van der Waals surface area contributed by atoms with Crippen LogP contribution in [0.15, 0.2) is 51.9 Å². The maximum Gasteiger partial charge on any atom is 0.291 e. The number of anilines is 1. The Morgan fingerprint density at radius 2 is 2.00 bits per heavy atom. The van der Waals surface area contributed by atoms with E-state index in [0.29, 0.717) is 21.1 Å². The van der Waals surface area contributed by atoms with Crippen LogP contribution in [0.5, 0.6) is 0 Å². The molecule has 0 saturated carbocycles. The second-order valence-electron chi connectivity index (χ2n) is 5.51. The molecular weight excluding hydrogens is 324 g/mol. The maximum atomic E-state index is 12.5. The summed E-state index contributed by atoms with van der Waals surface area (Å²) in [5, 5.41) is 4.24. The first-order valence-corrected chi connectivity index (χ1v) is 8.16. The van der Waals surface area contributed by atoms with E-state index < -0.39 is 0 Å². The van der Waals surface area contributed by atoms with Crippen LogP contribution in [-0.4, -0.2) is 28.7 Å². The fourth-order valence-electron chi connectivity index (χ4n) is 2.36. The van der Waals surface area contributed by atoms with Gasteiger partial charge in [0.2, 0.25) is 10.8 Å². The molecule has 1 aromatic carbocycles. The molecule has 0 unspecified atom stereocenters. The van der Waals surface area contributed by atoms with Crippen LogP contribution in [0.2, 0.25) is 0 Å². The molecule has 3 heterocycles. The number of rotatable bonds is 3. The van der Waals surface area contributed by atoms with E-state index in [1.807, 2.05) is 49.3 Å². The van der Waals surface area contributed by atoms with E-state index in [1.165, 1.54) is 15.9 Å². The van der Waals surface area contributed by atoms with Crippen molar-refractivity contribution in [3.8, 4) is 11.6 Å². The van der Waals surface area contributed by atoms with Gasteiger partial charge in [-0.15, -0.1) is 5.10 Å². The van der Waals surface area contributed by atoms with E-state index in [1.54, 1.807) is 18.4 Å². The van der Waals surface area contributed by atoms with Gasteiger partial charge in [0, 0.05) is 19.8 Å². The third-order valence-corrected chi connectivity index (χ3v) is 4.59. The average Bonchev–Trinajstić information content (AvgIpc) is 3.27. The first-order valence-electron chi connectivity index (χ1n) is 7.34. The van der Waals surface area contributed by atoms with Gasteiger partial charge in [-0.05, 0) is 35.9 Å². The summed E-state index contributed by atoms with van der Waals surface area (Å²) in [6, 6.07) is 11.5. The second-order valence-corrected chi connectivity index (χ2v) is 6.52. The van der Waals surface area contributed by atoms with Crippen LogP contribution in [0.1, 0.15) is 5.56 Å². The summed E-state index contributed by atoms with van der Waals surface area (Å²) in [5.41, 5.74) is 1.91. The van der Waals surface area contributed by atoms with Crippen LogP contribution in [0.25, 0.3) is 22.6 Å². The van der Waals surface area contributed by atoms with Gasteiger partial charge in [-0.3, -0.25) is 4.79 Å². The summed E-state index contributed by atoms with van der Waals surface area (Å²) >= 11 is 1.32. The predicted molar refractivity (Wildman–Crippen MR) is 94.4 cm³/mol. The van der Waals surface area contributed by atoms with Gasteiger partial charge in [0.05, 0.1) is 10.8 Å². The second kappa shape index (κ2) is 5.61. The molecule has 0 fully saturated rings. The fraction of sp³-hybridized carbons (Fsp3) is 0.118. The number of benzene rings is 1. The Balaban J connectivity index is 1.76. The van der Waals surface area contributed by atoms with E-state index in [2.05, 4.69) is 10.1 Å². The first-order chi connectivity index (χ1) is 11.6. The monoisotopic (exact) mass is 338 g/mol. The van der Waals surface area contributed by atoms with Gasteiger partial charge >= 0.3 is 0 Å². The van der Waals surface area contributed by atoms with Gasteiger partial charge in [0.25, 0.3) is 5.56 Å². The highest BCUT2D eigenvalue weighted by Gasteiger charge is 2.13. The number of hydrogen-bond donors (Lipinski definition) is 0. The van der Waals surface area contributed by atoms with E-state index >= 15 is 0 Å². The molecule has 7 heteroatoms. The van der Waals surface area contributed by atoms with Crippen molar-refractivity contribution in [2.45, 2.75) is 0 Å². The Bertz CT molecular complexity index is 1090. The van der Waals surface area contributed by atoms with E-state index in [0.717, 1.165) is 11.3 Å². The quantitative estimate of drug-likeness (QED) is 0.572. The zero-order valence-corrected chi connectivity index (χ0v) is 13.9. The van der Waals surface area contributed by atoms with Crippen LogP contribution < -0.4 is 15.0 Å². The van der Waals surface area contributed by atoms with E-state index in [4.69, 9.17) is 4.42 Å². The lowest BCUT2D eigenvalue weighted by Gasteiger charge is -2.11. The maximum absolute atomic E-state index is 12.5. The fourth-order valence-corrected chi connectivity index (χ4v) is 3.27. The highest BCUT2D eigenvalue weighted by atomic mass is 32.1. The molecule has 120 valence electrons. The summed E-state index contributed by atoms with van der Waals surface area (Å²) < 4.78 is 7.19. The van der Waals surface area contributed by atoms with Crippen molar-refractivity contribution < 1.29 is 4.42 Å². The van der Waals surface area contributed by atoms with E-state index in [9.17, 15) is 4.79 Å². The van der Waals surface area contributed by atoms with Crippen LogP contribution in [-0.2, 0) is 0 Å². The third kappa shape index (κ3) is 2.48. The standard InChI is InChI=1S/C17H14N4O2S/c1-20(2)12-7-5-11(6-8-12)10-14-16(22)21-17(24-14)18-15(19-21)13-4-3-9-23-13/h3-10H,1-2H3/b14-10+. The number of aromatic nitrogens is 3. The average molecular weight is 338 g/mol. The molecule has 0 radical (unpaired) electrons. The molecule has 0 aliphatic carbocycles. The topological polar surface area (TPSA) is 63.6 Å². The minimum Gasteiger partial charge on any atom is -0.461 e. The lowest BCUT2D eigenvalue weighted by molar-refractivity contribution is 0.577. The molecule has 0 saturated heterocycles. The molecule has 0 aliphatic rings. The van der Waals surface area contributed by atoms with Gasteiger partial charge in [-0.2, -0.15) is 9.50 Å². The van der Waals surface area contributed by atoms with Crippen molar-refractivity contribution >= 4 is 28.1 Å². The largest absolute Gasteiger partial charge is 0.461 e. The van der Waals surface area contributed by atoms with Crippen molar-refractivity contribution in [2.75, 3.05) is 19.0 Å². The van der Waals surface area contributed by atoms with Crippen molar-refractivity contribution in [2.24, 2.45) is 0 Å². The Kier molecular flexibility index (Phi) is 3.42. The molecule has 0 atom stereocenters. The molecule has 3 aromatic heterocycles. The molecule has 0 bridgehead atoms. The molecule has 0 N–H and O–H groups in total. The van der Waals surface area contributed by atoms with Crippen LogP contribution in [0.3, 0.4) is 0 Å². The SMILES string of the molecule is CN(C)c1ccc(/C=c2/sc3nc(-c4ccco4)nn3c2=O)cc1. The Labute approximate surface area is 141 Å². The zero-order chi connectivity index (χ0) is 16.7. The van der Waals surface area contributed by atoms with Gasteiger partial charge in [0.1, 0.15) is 0 Å². The number of hydrogen-bond acceptors (Lipinski definition) is 6. The lowest BCUT2D eigenvalue weighted by atomic mass is 10.2. The molecule has 0 aliphatic heterocycles. The van der Waals surface area contributed by atoms with Gasteiger partial charge < -0.3 is 9.32 Å². The number of fused-ring (bicyclic) bond motifs is 1. The summed E-state index contributed by atoms with van der Waals surface area (Å²) in [7, 11) is 3.98. The summed E-state index contributed by atoms with van der Waals surface area (Å²) in [5.74, 6) is 0.973.